The topological polar surface area (TPSA) is 68.3 Å². The van der Waals surface area contributed by atoms with Crippen molar-refractivity contribution in [1.29, 1.82) is 0 Å². The summed E-state index contributed by atoms with van der Waals surface area (Å²) in [4.78, 5) is 7.97. The summed E-state index contributed by atoms with van der Waals surface area (Å²) in [5, 5.41) is 5.73. The number of benzene rings is 2. The Labute approximate surface area is 197 Å². The Morgan fingerprint density at radius 3 is 2.32 bits per heavy atom. The lowest BCUT2D eigenvalue weighted by molar-refractivity contribution is -0.137. The molecule has 34 heavy (non-hydrogen) atoms. The molecule has 1 heterocycles. The van der Waals surface area contributed by atoms with Crippen molar-refractivity contribution in [1.82, 2.24) is 9.97 Å². The molecule has 182 valence electrons. The van der Waals surface area contributed by atoms with E-state index >= 15 is 0 Å². The molecule has 0 saturated heterocycles. The molecule has 0 bridgehead atoms. The Morgan fingerprint density at radius 1 is 0.853 bits per heavy atom. The summed E-state index contributed by atoms with van der Waals surface area (Å²) in [6.45, 7) is 5.19. The van der Waals surface area contributed by atoms with Crippen molar-refractivity contribution < 1.29 is 22.6 Å². The SMILES string of the molecule is CCCCCOc1ccccc1Nc1nc(Nc2ccc(OCCC)cc2)ncc1C(F)(F)F. The number of hydrogen-bond donors (Lipinski definition) is 2. The minimum atomic E-state index is -4.63. The highest BCUT2D eigenvalue weighted by Gasteiger charge is 2.35. The van der Waals surface area contributed by atoms with Gasteiger partial charge in [-0.25, -0.2) is 4.98 Å². The number of nitrogens with zero attached hydrogens (tertiary/aromatic N) is 2. The summed E-state index contributed by atoms with van der Waals surface area (Å²) in [5.41, 5.74) is 0.0444. The van der Waals surface area contributed by atoms with E-state index in [0.717, 1.165) is 31.9 Å². The Balaban J connectivity index is 1.82. The molecular weight excluding hydrogens is 445 g/mol. The Hall–Kier alpha value is -3.49. The summed E-state index contributed by atoms with van der Waals surface area (Å²) in [5.74, 6) is 0.831. The fourth-order valence-electron chi connectivity index (χ4n) is 3.09. The van der Waals surface area contributed by atoms with Crippen molar-refractivity contribution in [3.8, 4) is 11.5 Å². The number of alkyl halides is 3. The number of anilines is 4. The van der Waals surface area contributed by atoms with E-state index < -0.39 is 11.7 Å². The molecule has 0 aliphatic carbocycles. The van der Waals surface area contributed by atoms with Crippen LogP contribution in [0.1, 0.15) is 45.1 Å². The maximum Gasteiger partial charge on any atom is 0.421 e. The number of halogens is 3. The standard InChI is InChI=1S/C25H29F3N4O2/c1-3-5-8-16-34-22-10-7-6-9-21(22)31-23-20(25(26,27)28)17-29-24(32-23)30-18-11-13-19(14-12-18)33-15-4-2/h6-7,9-14,17H,3-5,8,15-16H2,1-2H3,(H2,29,30,31,32). The summed E-state index contributed by atoms with van der Waals surface area (Å²) in [7, 11) is 0. The predicted molar refractivity (Wildman–Crippen MR) is 127 cm³/mol. The monoisotopic (exact) mass is 474 g/mol. The number of para-hydroxylation sites is 2. The van der Waals surface area contributed by atoms with E-state index in [4.69, 9.17) is 9.47 Å². The minimum Gasteiger partial charge on any atom is -0.494 e. The van der Waals surface area contributed by atoms with Gasteiger partial charge in [-0.15, -0.1) is 0 Å². The van der Waals surface area contributed by atoms with E-state index in [1.54, 1.807) is 48.5 Å². The molecule has 6 nitrogen and oxygen atoms in total. The van der Waals surface area contributed by atoms with Gasteiger partial charge in [0.1, 0.15) is 22.9 Å². The Morgan fingerprint density at radius 2 is 1.62 bits per heavy atom. The highest BCUT2D eigenvalue weighted by Crippen LogP contribution is 2.37. The van der Waals surface area contributed by atoms with Gasteiger partial charge in [0.2, 0.25) is 5.95 Å². The molecule has 0 spiro atoms. The van der Waals surface area contributed by atoms with Crippen LogP contribution in [0.25, 0.3) is 0 Å². The zero-order valence-corrected chi connectivity index (χ0v) is 19.3. The first-order valence-corrected chi connectivity index (χ1v) is 11.3. The van der Waals surface area contributed by atoms with Crippen molar-refractivity contribution in [2.24, 2.45) is 0 Å². The van der Waals surface area contributed by atoms with Gasteiger partial charge in [0, 0.05) is 11.9 Å². The summed E-state index contributed by atoms with van der Waals surface area (Å²) in [6.07, 6.45) is -0.0500. The highest BCUT2D eigenvalue weighted by molar-refractivity contribution is 5.67. The van der Waals surface area contributed by atoms with E-state index in [-0.39, 0.29) is 11.8 Å². The first-order chi connectivity index (χ1) is 16.4. The largest absolute Gasteiger partial charge is 0.494 e. The smallest absolute Gasteiger partial charge is 0.421 e. The van der Waals surface area contributed by atoms with Gasteiger partial charge in [-0.1, -0.05) is 38.8 Å². The van der Waals surface area contributed by atoms with Gasteiger partial charge in [0.25, 0.3) is 0 Å². The van der Waals surface area contributed by atoms with Crippen LogP contribution in [0.15, 0.2) is 54.7 Å². The lowest BCUT2D eigenvalue weighted by Crippen LogP contribution is -2.13. The van der Waals surface area contributed by atoms with Crippen molar-refractivity contribution in [3.63, 3.8) is 0 Å². The fraction of sp³-hybridized carbons (Fsp3) is 0.360. The van der Waals surface area contributed by atoms with Gasteiger partial charge in [0.05, 0.1) is 18.9 Å². The van der Waals surface area contributed by atoms with E-state index in [2.05, 4.69) is 27.5 Å². The Bertz CT molecular complexity index is 1040. The van der Waals surface area contributed by atoms with Gasteiger partial charge in [-0.3, -0.25) is 0 Å². The molecule has 0 aliphatic heterocycles. The van der Waals surface area contributed by atoms with Crippen LogP contribution in [-0.4, -0.2) is 23.2 Å². The second kappa shape index (κ2) is 12.1. The highest BCUT2D eigenvalue weighted by atomic mass is 19.4. The quantitative estimate of drug-likeness (QED) is 0.268. The van der Waals surface area contributed by atoms with Gasteiger partial charge in [-0.2, -0.15) is 18.2 Å². The third-order valence-corrected chi connectivity index (χ3v) is 4.82. The number of aromatic nitrogens is 2. The van der Waals surface area contributed by atoms with Crippen molar-refractivity contribution in [2.45, 2.75) is 45.7 Å². The number of unbranched alkanes of at least 4 members (excludes halogenated alkanes) is 2. The number of hydrogen-bond acceptors (Lipinski definition) is 6. The van der Waals surface area contributed by atoms with Gasteiger partial charge in [0.15, 0.2) is 0 Å². The molecule has 0 amide bonds. The van der Waals surface area contributed by atoms with Crippen LogP contribution < -0.4 is 20.1 Å². The van der Waals surface area contributed by atoms with E-state index in [0.29, 0.717) is 36.1 Å². The number of ether oxygens (including phenoxy) is 2. The molecular formula is C25H29F3N4O2. The molecule has 9 heteroatoms. The van der Waals surface area contributed by atoms with Crippen LogP contribution in [0, 0.1) is 0 Å². The maximum atomic E-state index is 13.7. The molecule has 0 atom stereocenters. The maximum absolute atomic E-state index is 13.7. The lowest BCUT2D eigenvalue weighted by Gasteiger charge is -2.17. The van der Waals surface area contributed by atoms with Crippen LogP contribution in [0.5, 0.6) is 11.5 Å². The first kappa shape index (κ1) is 25.1. The molecule has 3 rings (SSSR count). The molecule has 0 unspecified atom stereocenters. The summed E-state index contributed by atoms with van der Waals surface area (Å²) in [6, 6.07) is 13.9. The van der Waals surface area contributed by atoms with Crippen LogP contribution in [-0.2, 0) is 6.18 Å². The molecule has 0 saturated carbocycles. The molecule has 0 aliphatic rings. The predicted octanol–water partition coefficient (Wildman–Crippen LogP) is 7.34. The normalized spacial score (nSPS) is 11.2. The summed E-state index contributed by atoms with van der Waals surface area (Å²) < 4.78 is 52.3. The number of rotatable bonds is 12. The third-order valence-electron chi connectivity index (χ3n) is 4.82. The molecule has 3 aromatic rings. The minimum absolute atomic E-state index is 0.0269. The van der Waals surface area contributed by atoms with Crippen LogP contribution in [0.2, 0.25) is 0 Å². The molecule has 1 aromatic heterocycles. The average molecular weight is 475 g/mol. The molecule has 2 N–H and O–H groups in total. The lowest BCUT2D eigenvalue weighted by atomic mass is 10.2. The van der Waals surface area contributed by atoms with E-state index in [9.17, 15) is 13.2 Å². The van der Waals surface area contributed by atoms with E-state index in [1.165, 1.54) is 0 Å². The van der Waals surface area contributed by atoms with Crippen LogP contribution >= 0.6 is 0 Å². The summed E-state index contributed by atoms with van der Waals surface area (Å²) >= 11 is 0. The second-order valence-electron chi connectivity index (χ2n) is 7.63. The third kappa shape index (κ3) is 7.26. The average Bonchev–Trinajstić information content (AvgIpc) is 2.82. The second-order valence-corrected chi connectivity index (χ2v) is 7.63. The zero-order valence-electron chi connectivity index (χ0n) is 19.3. The van der Waals surface area contributed by atoms with Gasteiger partial charge in [-0.05, 0) is 49.2 Å². The fourth-order valence-corrected chi connectivity index (χ4v) is 3.09. The Kier molecular flexibility index (Phi) is 8.95. The number of nitrogens with one attached hydrogen (secondary N) is 2. The van der Waals surface area contributed by atoms with Crippen molar-refractivity contribution in [3.05, 3.63) is 60.3 Å². The zero-order chi connectivity index (χ0) is 24.4. The molecule has 0 fully saturated rings. The molecule has 2 aromatic carbocycles. The van der Waals surface area contributed by atoms with Crippen molar-refractivity contribution in [2.75, 3.05) is 23.8 Å². The first-order valence-electron chi connectivity index (χ1n) is 11.3. The molecule has 0 radical (unpaired) electrons. The van der Waals surface area contributed by atoms with Crippen molar-refractivity contribution >= 4 is 23.1 Å². The van der Waals surface area contributed by atoms with Gasteiger partial charge < -0.3 is 20.1 Å². The van der Waals surface area contributed by atoms with E-state index in [1.807, 2.05) is 6.92 Å². The van der Waals surface area contributed by atoms with Gasteiger partial charge >= 0.3 is 6.18 Å². The van der Waals surface area contributed by atoms with Crippen LogP contribution in [0.4, 0.5) is 36.3 Å². The van der Waals surface area contributed by atoms with Crippen LogP contribution in [0.3, 0.4) is 0 Å².